The van der Waals surface area contributed by atoms with Crippen LogP contribution in [0.5, 0.6) is 0 Å². The molecule has 1 fully saturated rings. The number of nitrogens with zero attached hydrogens (tertiary/aromatic N) is 1. The lowest BCUT2D eigenvalue weighted by molar-refractivity contribution is -0.138. The molecule has 2 amide bonds. The Hall–Kier alpha value is -1.98. The minimum atomic E-state index is -0.488. The lowest BCUT2D eigenvalue weighted by atomic mass is 10.1. The van der Waals surface area contributed by atoms with Gasteiger partial charge in [-0.3, -0.25) is 9.59 Å². The molecule has 0 radical (unpaired) electrons. The monoisotopic (exact) mass is 458 g/mol. The number of rotatable bonds is 10. The number of carbonyl (C=O) groups excluding carboxylic acids is 2. The number of halogens is 1. The molecule has 0 aromatic heterocycles. The molecule has 0 spiro atoms. The molecule has 3 rings (SSSR count). The fourth-order valence-electron chi connectivity index (χ4n) is 3.91. The van der Waals surface area contributed by atoms with Crippen LogP contribution >= 0.6 is 23.4 Å². The average Bonchev–Trinajstić information content (AvgIpc) is 3.29. The Bertz CT molecular complexity index is 856. The summed E-state index contributed by atoms with van der Waals surface area (Å²) in [6, 6.07) is 17.5. The van der Waals surface area contributed by atoms with Crippen molar-refractivity contribution in [2.24, 2.45) is 0 Å². The zero-order valence-electron chi connectivity index (χ0n) is 18.1. The molecule has 166 valence electrons. The van der Waals surface area contributed by atoms with Crippen LogP contribution in [0.4, 0.5) is 0 Å². The van der Waals surface area contributed by atoms with Crippen molar-refractivity contribution in [3.8, 4) is 0 Å². The number of carbonyl (C=O) groups is 2. The zero-order chi connectivity index (χ0) is 22.1. The van der Waals surface area contributed by atoms with E-state index in [4.69, 9.17) is 11.6 Å². The highest BCUT2D eigenvalue weighted by atomic mass is 35.5. The van der Waals surface area contributed by atoms with Crippen LogP contribution in [0.3, 0.4) is 0 Å². The smallest absolute Gasteiger partial charge is 0.242 e. The van der Waals surface area contributed by atoms with E-state index < -0.39 is 6.04 Å². The Kier molecular flexibility index (Phi) is 9.29. The predicted molar refractivity (Wildman–Crippen MR) is 129 cm³/mol. The molecule has 0 saturated heterocycles. The first-order valence-corrected chi connectivity index (χ1v) is 12.5. The molecule has 1 unspecified atom stereocenters. The average molecular weight is 459 g/mol. The van der Waals surface area contributed by atoms with E-state index in [0.29, 0.717) is 23.1 Å². The van der Waals surface area contributed by atoms with Gasteiger partial charge >= 0.3 is 0 Å². The Balaban J connectivity index is 1.60. The van der Waals surface area contributed by atoms with Gasteiger partial charge in [-0.2, -0.15) is 0 Å². The van der Waals surface area contributed by atoms with E-state index in [9.17, 15) is 9.59 Å². The fourth-order valence-corrected chi connectivity index (χ4v) is 5.10. The van der Waals surface area contributed by atoms with Gasteiger partial charge in [0, 0.05) is 23.4 Å². The summed E-state index contributed by atoms with van der Waals surface area (Å²) in [7, 11) is 0. The normalized spacial score (nSPS) is 14.9. The summed E-state index contributed by atoms with van der Waals surface area (Å²) in [5.41, 5.74) is 2.18. The number of amides is 2. The summed E-state index contributed by atoms with van der Waals surface area (Å²) in [6.45, 7) is 2.36. The van der Waals surface area contributed by atoms with Crippen molar-refractivity contribution in [1.82, 2.24) is 10.2 Å². The molecular formula is C25H31ClN2O2S. The van der Waals surface area contributed by atoms with Crippen molar-refractivity contribution in [3.63, 3.8) is 0 Å². The van der Waals surface area contributed by atoms with Crippen LogP contribution in [0.1, 0.15) is 43.7 Å². The molecule has 6 heteroatoms. The van der Waals surface area contributed by atoms with E-state index in [-0.39, 0.29) is 17.9 Å². The molecule has 1 aliphatic rings. The second-order valence-electron chi connectivity index (χ2n) is 8.07. The SMILES string of the molecule is CC(C(=O)NC1CCCC1)N(CCc1ccccc1)C(=O)CSCc1ccccc1Cl. The highest BCUT2D eigenvalue weighted by Crippen LogP contribution is 2.22. The topological polar surface area (TPSA) is 49.4 Å². The first-order valence-electron chi connectivity index (χ1n) is 11.0. The van der Waals surface area contributed by atoms with Gasteiger partial charge < -0.3 is 10.2 Å². The minimum Gasteiger partial charge on any atom is -0.352 e. The van der Waals surface area contributed by atoms with Crippen molar-refractivity contribution < 1.29 is 9.59 Å². The van der Waals surface area contributed by atoms with Crippen molar-refractivity contribution in [2.45, 2.75) is 56.9 Å². The van der Waals surface area contributed by atoms with E-state index in [0.717, 1.165) is 43.2 Å². The molecule has 1 atom stereocenters. The van der Waals surface area contributed by atoms with E-state index >= 15 is 0 Å². The molecular weight excluding hydrogens is 428 g/mol. The Morgan fingerprint density at radius 3 is 2.48 bits per heavy atom. The third-order valence-corrected chi connectivity index (χ3v) is 7.13. The summed E-state index contributed by atoms with van der Waals surface area (Å²) in [5.74, 6) is 0.924. The molecule has 0 bridgehead atoms. The third-order valence-electron chi connectivity index (χ3n) is 5.79. The van der Waals surface area contributed by atoms with Gasteiger partial charge in [0.25, 0.3) is 0 Å². The molecule has 2 aromatic rings. The highest BCUT2D eigenvalue weighted by Gasteiger charge is 2.28. The molecule has 0 heterocycles. The molecule has 4 nitrogen and oxygen atoms in total. The summed E-state index contributed by atoms with van der Waals surface area (Å²) in [6.07, 6.45) is 5.11. The Morgan fingerprint density at radius 1 is 1.10 bits per heavy atom. The van der Waals surface area contributed by atoms with Crippen molar-refractivity contribution in [2.75, 3.05) is 12.3 Å². The maximum Gasteiger partial charge on any atom is 0.242 e. The third kappa shape index (κ3) is 7.29. The van der Waals surface area contributed by atoms with Crippen molar-refractivity contribution >= 4 is 35.2 Å². The van der Waals surface area contributed by atoms with Gasteiger partial charge in [-0.05, 0) is 43.4 Å². The van der Waals surface area contributed by atoms with Gasteiger partial charge in [0.05, 0.1) is 5.75 Å². The van der Waals surface area contributed by atoms with Gasteiger partial charge in [0.2, 0.25) is 11.8 Å². The van der Waals surface area contributed by atoms with Crippen LogP contribution in [-0.2, 0) is 21.8 Å². The van der Waals surface area contributed by atoms with Gasteiger partial charge in [0.15, 0.2) is 0 Å². The van der Waals surface area contributed by atoms with Crippen LogP contribution < -0.4 is 5.32 Å². The largest absolute Gasteiger partial charge is 0.352 e. The fraction of sp³-hybridized carbons (Fsp3) is 0.440. The highest BCUT2D eigenvalue weighted by molar-refractivity contribution is 7.99. The number of nitrogens with one attached hydrogen (secondary N) is 1. The van der Waals surface area contributed by atoms with Crippen LogP contribution in [0, 0.1) is 0 Å². The standard InChI is InChI=1S/C25H31ClN2O2S/c1-19(25(30)27-22-12-6-7-13-22)28(16-15-20-9-3-2-4-10-20)24(29)18-31-17-21-11-5-8-14-23(21)26/h2-5,8-11,14,19,22H,6-7,12-13,15-18H2,1H3,(H,27,30). The maximum absolute atomic E-state index is 13.1. The second kappa shape index (κ2) is 12.2. The van der Waals surface area contributed by atoms with Crippen LogP contribution in [0.15, 0.2) is 54.6 Å². The number of hydrogen-bond donors (Lipinski definition) is 1. The van der Waals surface area contributed by atoms with Crippen LogP contribution in [0.2, 0.25) is 5.02 Å². The lowest BCUT2D eigenvalue weighted by Gasteiger charge is -2.29. The summed E-state index contributed by atoms with van der Waals surface area (Å²) < 4.78 is 0. The molecule has 1 N–H and O–H groups in total. The minimum absolute atomic E-state index is 0.0120. The summed E-state index contributed by atoms with van der Waals surface area (Å²) in [4.78, 5) is 27.7. The Labute approximate surface area is 194 Å². The van der Waals surface area contributed by atoms with Crippen molar-refractivity contribution in [3.05, 3.63) is 70.7 Å². The van der Waals surface area contributed by atoms with Crippen LogP contribution in [0.25, 0.3) is 0 Å². The van der Waals surface area contributed by atoms with E-state index in [1.165, 1.54) is 11.8 Å². The zero-order valence-corrected chi connectivity index (χ0v) is 19.6. The predicted octanol–water partition coefficient (Wildman–Crippen LogP) is 5.09. The molecule has 2 aromatic carbocycles. The molecule has 1 aliphatic carbocycles. The quantitative estimate of drug-likeness (QED) is 0.539. The number of thioether (sulfide) groups is 1. The molecule has 0 aliphatic heterocycles. The van der Waals surface area contributed by atoms with Gasteiger partial charge in [-0.15, -0.1) is 11.8 Å². The first kappa shape index (κ1) is 23.7. The summed E-state index contributed by atoms with van der Waals surface area (Å²) >= 11 is 7.76. The van der Waals surface area contributed by atoms with Crippen LogP contribution in [-0.4, -0.2) is 41.1 Å². The van der Waals surface area contributed by atoms with Crippen molar-refractivity contribution in [1.29, 1.82) is 0 Å². The Morgan fingerprint density at radius 2 is 1.77 bits per heavy atom. The van der Waals surface area contributed by atoms with E-state index in [2.05, 4.69) is 17.4 Å². The second-order valence-corrected chi connectivity index (χ2v) is 9.47. The molecule has 1 saturated carbocycles. The van der Waals surface area contributed by atoms with E-state index in [1.807, 2.05) is 49.4 Å². The number of hydrogen-bond acceptors (Lipinski definition) is 3. The lowest BCUT2D eigenvalue weighted by Crippen LogP contribution is -2.51. The maximum atomic E-state index is 13.1. The van der Waals surface area contributed by atoms with Gasteiger partial charge in [-0.1, -0.05) is 73.0 Å². The number of benzene rings is 2. The summed E-state index contributed by atoms with van der Waals surface area (Å²) in [5, 5.41) is 3.86. The van der Waals surface area contributed by atoms with Gasteiger partial charge in [-0.25, -0.2) is 0 Å². The van der Waals surface area contributed by atoms with Gasteiger partial charge in [0.1, 0.15) is 6.04 Å². The molecule has 31 heavy (non-hydrogen) atoms. The van der Waals surface area contributed by atoms with E-state index in [1.54, 1.807) is 4.90 Å². The first-order chi connectivity index (χ1) is 15.0.